The van der Waals surface area contributed by atoms with E-state index in [9.17, 15) is 9.18 Å². The SMILES string of the molecule is CC(C(=O)Nc1ccc(F)cc1)N(C)Cc1ccccc1Cl. The van der Waals surface area contributed by atoms with Crippen molar-refractivity contribution in [3.63, 3.8) is 0 Å². The van der Waals surface area contributed by atoms with Crippen molar-refractivity contribution in [1.82, 2.24) is 4.90 Å². The summed E-state index contributed by atoms with van der Waals surface area (Å²) in [6.07, 6.45) is 0. The fourth-order valence-corrected chi connectivity index (χ4v) is 2.21. The number of anilines is 1. The number of hydrogen-bond donors (Lipinski definition) is 1. The van der Waals surface area contributed by atoms with Crippen molar-refractivity contribution in [2.75, 3.05) is 12.4 Å². The van der Waals surface area contributed by atoms with Crippen molar-refractivity contribution < 1.29 is 9.18 Å². The van der Waals surface area contributed by atoms with E-state index in [1.165, 1.54) is 24.3 Å². The van der Waals surface area contributed by atoms with Crippen LogP contribution in [-0.2, 0) is 11.3 Å². The number of nitrogens with one attached hydrogen (secondary N) is 1. The second-order valence-corrected chi connectivity index (χ2v) is 5.59. The number of benzene rings is 2. The first-order valence-corrected chi connectivity index (χ1v) is 7.35. The Hall–Kier alpha value is -1.91. The van der Waals surface area contributed by atoms with E-state index in [4.69, 9.17) is 11.6 Å². The minimum atomic E-state index is -0.346. The van der Waals surface area contributed by atoms with Gasteiger partial charge in [-0.3, -0.25) is 9.69 Å². The van der Waals surface area contributed by atoms with Crippen LogP contribution in [0.5, 0.6) is 0 Å². The lowest BCUT2D eigenvalue weighted by molar-refractivity contribution is -0.120. The summed E-state index contributed by atoms with van der Waals surface area (Å²) < 4.78 is 12.9. The molecule has 0 radical (unpaired) electrons. The summed E-state index contributed by atoms with van der Waals surface area (Å²) in [5, 5.41) is 3.45. The maximum Gasteiger partial charge on any atom is 0.241 e. The lowest BCUT2D eigenvalue weighted by Crippen LogP contribution is -2.39. The Kier molecular flexibility index (Phi) is 5.52. The van der Waals surface area contributed by atoms with Crippen LogP contribution < -0.4 is 5.32 Å². The standard InChI is InChI=1S/C17H18ClFN2O/c1-12(17(22)20-15-9-7-14(19)8-10-15)21(2)11-13-5-3-4-6-16(13)18/h3-10,12H,11H2,1-2H3,(H,20,22). The monoisotopic (exact) mass is 320 g/mol. The van der Waals surface area contributed by atoms with Crippen LogP contribution in [0.2, 0.25) is 5.02 Å². The summed E-state index contributed by atoms with van der Waals surface area (Å²) in [7, 11) is 1.86. The quantitative estimate of drug-likeness (QED) is 0.905. The van der Waals surface area contributed by atoms with Crippen LogP contribution >= 0.6 is 11.6 Å². The number of halogens is 2. The van der Waals surface area contributed by atoms with Gasteiger partial charge in [-0.1, -0.05) is 29.8 Å². The zero-order valence-electron chi connectivity index (χ0n) is 12.5. The second kappa shape index (κ2) is 7.38. The molecule has 1 amide bonds. The van der Waals surface area contributed by atoms with Crippen LogP contribution in [0.25, 0.3) is 0 Å². The average molecular weight is 321 g/mol. The maximum absolute atomic E-state index is 12.9. The molecule has 1 atom stereocenters. The van der Waals surface area contributed by atoms with Gasteiger partial charge in [-0.05, 0) is 49.9 Å². The Bertz CT molecular complexity index is 645. The van der Waals surface area contributed by atoms with E-state index in [0.29, 0.717) is 17.3 Å². The highest BCUT2D eigenvalue weighted by Gasteiger charge is 2.19. The number of nitrogens with zero attached hydrogens (tertiary/aromatic N) is 1. The Balaban J connectivity index is 1.97. The van der Waals surface area contributed by atoms with Gasteiger partial charge in [-0.25, -0.2) is 4.39 Å². The zero-order chi connectivity index (χ0) is 16.1. The molecule has 22 heavy (non-hydrogen) atoms. The van der Waals surface area contributed by atoms with Gasteiger partial charge >= 0.3 is 0 Å². The molecule has 0 saturated carbocycles. The van der Waals surface area contributed by atoms with Gasteiger partial charge in [0.25, 0.3) is 0 Å². The first kappa shape index (κ1) is 16.5. The van der Waals surface area contributed by atoms with Crippen LogP contribution in [0, 0.1) is 5.82 Å². The van der Waals surface area contributed by atoms with E-state index in [-0.39, 0.29) is 17.8 Å². The fourth-order valence-electron chi connectivity index (χ4n) is 2.01. The van der Waals surface area contributed by atoms with Gasteiger partial charge in [0.1, 0.15) is 5.82 Å². The third-order valence-corrected chi connectivity index (χ3v) is 3.90. The molecule has 0 saturated heterocycles. The molecule has 2 aromatic rings. The number of carbonyl (C=O) groups is 1. The van der Waals surface area contributed by atoms with Crippen molar-refractivity contribution in [3.05, 3.63) is 64.9 Å². The predicted molar refractivity (Wildman–Crippen MR) is 87.4 cm³/mol. The summed E-state index contributed by atoms with van der Waals surface area (Å²) in [5.74, 6) is -0.483. The van der Waals surface area contributed by atoms with E-state index in [1.807, 2.05) is 43.1 Å². The smallest absolute Gasteiger partial charge is 0.241 e. The highest BCUT2D eigenvalue weighted by Crippen LogP contribution is 2.18. The lowest BCUT2D eigenvalue weighted by atomic mass is 10.2. The van der Waals surface area contributed by atoms with Gasteiger partial charge in [-0.15, -0.1) is 0 Å². The average Bonchev–Trinajstić information content (AvgIpc) is 2.51. The number of hydrogen-bond acceptors (Lipinski definition) is 2. The number of likely N-dealkylation sites (N-methyl/N-ethyl adjacent to an activating group) is 1. The summed E-state index contributed by atoms with van der Waals surface area (Å²) >= 11 is 6.13. The van der Waals surface area contributed by atoms with E-state index in [1.54, 1.807) is 0 Å². The number of rotatable bonds is 5. The topological polar surface area (TPSA) is 32.3 Å². The van der Waals surface area contributed by atoms with Crippen LogP contribution in [0.1, 0.15) is 12.5 Å². The fraction of sp³-hybridized carbons (Fsp3) is 0.235. The summed E-state index contributed by atoms with van der Waals surface area (Å²) in [5.41, 5.74) is 1.54. The largest absolute Gasteiger partial charge is 0.325 e. The Morgan fingerprint density at radius 1 is 1.23 bits per heavy atom. The Morgan fingerprint density at radius 2 is 1.86 bits per heavy atom. The molecule has 5 heteroatoms. The molecule has 0 fully saturated rings. The second-order valence-electron chi connectivity index (χ2n) is 5.18. The molecule has 0 heterocycles. The minimum absolute atomic E-state index is 0.152. The van der Waals surface area contributed by atoms with Crippen LogP contribution in [0.15, 0.2) is 48.5 Å². The molecule has 0 aromatic heterocycles. The Morgan fingerprint density at radius 3 is 2.50 bits per heavy atom. The predicted octanol–water partition coefficient (Wildman–Crippen LogP) is 3.94. The molecule has 0 bridgehead atoms. The van der Waals surface area contributed by atoms with E-state index in [0.717, 1.165) is 5.56 Å². The van der Waals surface area contributed by atoms with Crippen molar-refractivity contribution in [1.29, 1.82) is 0 Å². The van der Waals surface area contributed by atoms with Crippen molar-refractivity contribution >= 4 is 23.2 Å². The molecule has 0 aliphatic heterocycles. The molecular weight excluding hydrogens is 303 g/mol. The normalized spacial score (nSPS) is 12.2. The molecule has 1 N–H and O–H groups in total. The van der Waals surface area contributed by atoms with Gasteiger partial charge < -0.3 is 5.32 Å². The molecular formula is C17H18ClFN2O. The molecule has 0 aliphatic rings. The van der Waals surface area contributed by atoms with Gasteiger partial charge in [0.05, 0.1) is 6.04 Å². The van der Waals surface area contributed by atoms with Crippen LogP contribution in [0.4, 0.5) is 10.1 Å². The maximum atomic E-state index is 12.9. The van der Waals surface area contributed by atoms with Crippen LogP contribution in [-0.4, -0.2) is 23.9 Å². The lowest BCUT2D eigenvalue weighted by Gasteiger charge is -2.24. The highest BCUT2D eigenvalue weighted by molar-refractivity contribution is 6.31. The first-order chi connectivity index (χ1) is 10.5. The third-order valence-electron chi connectivity index (χ3n) is 3.53. The molecule has 3 nitrogen and oxygen atoms in total. The van der Waals surface area contributed by atoms with Gasteiger partial charge in [0.15, 0.2) is 0 Å². The van der Waals surface area contributed by atoms with Crippen LogP contribution in [0.3, 0.4) is 0 Å². The number of carbonyl (C=O) groups excluding carboxylic acids is 1. The number of amides is 1. The van der Waals surface area contributed by atoms with Crippen molar-refractivity contribution in [2.24, 2.45) is 0 Å². The van der Waals surface area contributed by atoms with Crippen molar-refractivity contribution in [3.8, 4) is 0 Å². The summed E-state index contributed by atoms with van der Waals surface area (Å²) in [6.45, 7) is 2.38. The van der Waals surface area contributed by atoms with Gasteiger partial charge in [0, 0.05) is 17.3 Å². The third kappa shape index (κ3) is 4.29. The van der Waals surface area contributed by atoms with Crippen molar-refractivity contribution in [2.45, 2.75) is 19.5 Å². The van der Waals surface area contributed by atoms with E-state index < -0.39 is 0 Å². The summed E-state index contributed by atoms with van der Waals surface area (Å²) in [6, 6.07) is 12.9. The molecule has 1 unspecified atom stereocenters. The zero-order valence-corrected chi connectivity index (χ0v) is 13.3. The molecule has 0 spiro atoms. The first-order valence-electron chi connectivity index (χ1n) is 6.97. The van der Waals surface area contributed by atoms with Gasteiger partial charge in [0.2, 0.25) is 5.91 Å². The minimum Gasteiger partial charge on any atom is -0.325 e. The molecule has 2 aromatic carbocycles. The van der Waals surface area contributed by atoms with E-state index >= 15 is 0 Å². The summed E-state index contributed by atoms with van der Waals surface area (Å²) in [4.78, 5) is 14.1. The molecule has 116 valence electrons. The van der Waals surface area contributed by atoms with E-state index in [2.05, 4.69) is 5.32 Å². The highest BCUT2D eigenvalue weighted by atomic mass is 35.5. The van der Waals surface area contributed by atoms with Gasteiger partial charge in [-0.2, -0.15) is 0 Å². The molecule has 0 aliphatic carbocycles. The molecule has 2 rings (SSSR count). The Labute approximate surface area is 134 Å².